The number of carbonyl (C=O) groups excluding carboxylic acids is 1. The van der Waals surface area contributed by atoms with Crippen LogP contribution in [-0.2, 0) is 16.0 Å². The van der Waals surface area contributed by atoms with Crippen LogP contribution in [0, 0.1) is 20.8 Å². The summed E-state index contributed by atoms with van der Waals surface area (Å²) in [6.45, 7) is 14.6. The lowest BCUT2D eigenvalue weighted by Crippen LogP contribution is -2.39. The van der Waals surface area contributed by atoms with Crippen LogP contribution in [0.2, 0.25) is 0 Å². The minimum Gasteiger partial charge on any atom is -0.379 e. The van der Waals surface area contributed by atoms with Gasteiger partial charge in [0, 0.05) is 79.2 Å². The molecule has 2 saturated heterocycles. The van der Waals surface area contributed by atoms with Gasteiger partial charge in [0.1, 0.15) is 0 Å². The molecule has 1 amide bonds. The molecule has 0 radical (unpaired) electrons. The van der Waals surface area contributed by atoms with Crippen molar-refractivity contribution >= 4 is 17.0 Å². The molecule has 3 aromatic heterocycles. The molecule has 0 aromatic carbocycles. The molecule has 0 spiro atoms. The first kappa shape index (κ1) is 30.1. The molecule has 1 unspecified atom stereocenters. The van der Waals surface area contributed by atoms with Crippen LogP contribution in [0.4, 0.5) is 0 Å². The Morgan fingerprint density at radius 1 is 1.05 bits per heavy atom. The van der Waals surface area contributed by atoms with Crippen LogP contribution < -0.4 is 10.9 Å². The number of allylic oxidation sites excluding steroid dienone is 5. The molecule has 3 aliphatic rings. The van der Waals surface area contributed by atoms with E-state index in [0.717, 1.165) is 79.4 Å². The largest absolute Gasteiger partial charge is 0.379 e. The molecule has 5 heterocycles. The lowest BCUT2D eigenvalue weighted by atomic mass is 9.96. The van der Waals surface area contributed by atoms with Gasteiger partial charge in [-0.15, -0.1) is 0 Å². The number of amides is 1. The predicted octanol–water partition coefficient (Wildman–Crippen LogP) is 4.44. The van der Waals surface area contributed by atoms with Crippen molar-refractivity contribution < 1.29 is 14.3 Å². The van der Waals surface area contributed by atoms with Crippen molar-refractivity contribution in [1.82, 2.24) is 24.5 Å². The fraction of sp³-hybridized carbons (Fsp3) is 0.429. The second-order valence-electron chi connectivity index (χ2n) is 12.1. The van der Waals surface area contributed by atoms with Crippen molar-refractivity contribution in [2.75, 3.05) is 52.6 Å². The van der Waals surface area contributed by atoms with Crippen LogP contribution >= 0.6 is 0 Å². The number of ether oxygens (including phenoxy) is 2. The maximum absolute atomic E-state index is 13.8. The molecule has 1 atom stereocenters. The predicted molar refractivity (Wildman–Crippen MR) is 173 cm³/mol. The summed E-state index contributed by atoms with van der Waals surface area (Å²) in [6, 6.07) is 6.19. The van der Waals surface area contributed by atoms with Gasteiger partial charge in [-0.1, -0.05) is 18.2 Å². The maximum atomic E-state index is 13.8. The SMILES string of the molecule is Cc1cc(C)c(CNC(=O)c2cc3cc(C4=CC=CC(=CN5CCOCC5)C4)cn3c(C(C)N3CCOCC3)c2C)c(=O)[nH]1. The van der Waals surface area contributed by atoms with E-state index < -0.39 is 0 Å². The third-order valence-corrected chi connectivity index (χ3v) is 9.11. The molecule has 9 heteroatoms. The van der Waals surface area contributed by atoms with Crippen LogP contribution in [0.15, 0.2) is 59.2 Å². The normalized spacial score (nSPS) is 19.4. The van der Waals surface area contributed by atoms with Gasteiger partial charge < -0.3 is 29.1 Å². The molecule has 3 aromatic rings. The second-order valence-corrected chi connectivity index (χ2v) is 12.1. The van der Waals surface area contributed by atoms with Gasteiger partial charge in [0.2, 0.25) is 0 Å². The molecule has 232 valence electrons. The highest BCUT2D eigenvalue weighted by atomic mass is 16.5. The number of aryl methyl sites for hydroxylation is 2. The Labute approximate surface area is 258 Å². The van der Waals surface area contributed by atoms with E-state index in [4.69, 9.17) is 9.47 Å². The van der Waals surface area contributed by atoms with E-state index in [0.29, 0.717) is 24.3 Å². The number of rotatable bonds is 7. The van der Waals surface area contributed by atoms with Gasteiger partial charge in [0.25, 0.3) is 11.5 Å². The van der Waals surface area contributed by atoms with E-state index in [9.17, 15) is 9.59 Å². The monoisotopic (exact) mass is 597 g/mol. The average molecular weight is 598 g/mol. The third-order valence-electron chi connectivity index (χ3n) is 9.11. The fourth-order valence-electron chi connectivity index (χ4n) is 6.66. The molecule has 0 bridgehead atoms. The highest BCUT2D eigenvalue weighted by Gasteiger charge is 2.26. The first-order valence-corrected chi connectivity index (χ1v) is 15.6. The number of H-pyrrole nitrogens is 1. The molecule has 2 aliphatic heterocycles. The summed E-state index contributed by atoms with van der Waals surface area (Å²) in [5.74, 6) is -0.182. The van der Waals surface area contributed by atoms with E-state index in [1.165, 1.54) is 11.1 Å². The molecule has 6 rings (SSSR count). The van der Waals surface area contributed by atoms with Gasteiger partial charge in [-0.2, -0.15) is 0 Å². The molecule has 1 aliphatic carbocycles. The van der Waals surface area contributed by atoms with E-state index in [2.05, 4.69) is 68.1 Å². The van der Waals surface area contributed by atoms with Crippen LogP contribution in [0.5, 0.6) is 0 Å². The number of aromatic amines is 1. The average Bonchev–Trinajstić information content (AvgIpc) is 3.45. The Bertz CT molecular complexity index is 1700. The molecule has 0 saturated carbocycles. The number of nitrogens with zero attached hydrogens (tertiary/aromatic N) is 3. The smallest absolute Gasteiger partial charge is 0.253 e. The first-order chi connectivity index (χ1) is 21.3. The van der Waals surface area contributed by atoms with Crippen molar-refractivity contribution in [3.8, 4) is 0 Å². The van der Waals surface area contributed by atoms with Gasteiger partial charge >= 0.3 is 0 Å². The number of nitrogens with one attached hydrogen (secondary N) is 2. The van der Waals surface area contributed by atoms with Crippen LogP contribution in [-0.4, -0.2) is 77.7 Å². The highest BCUT2D eigenvalue weighted by molar-refractivity contribution is 5.97. The Morgan fingerprint density at radius 2 is 1.77 bits per heavy atom. The first-order valence-electron chi connectivity index (χ1n) is 15.6. The van der Waals surface area contributed by atoms with Crippen LogP contribution in [0.25, 0.3) is 11.1 Å². The number of pyridine rings is 2. The summed E-state index contributed by atoms with van der Waals surface area (Å²) in [5.41, 5.74) is 9.41. The van der Waals surface area contributed by atoms with Crippen LogP contribution in [0.1, 0.15) is 63.4 Å². The summed E-state index contributed by atoms with van der Waals surface area (Å²) in [5, 5.41) is 3.04. The summed E-state index contributed by atoms with van der Waals surface area (Å²) in [4.78, 5) is 34.0. The second kappa shape index (κ2) is 13.0. The van der Waals surface area contributed by atoms with Crippen molar-refractivity contribution in [2.45, 2.75) is 46.7 Å². The number of aromatic nitrogens is 2. The zero-order valence-electron chi connectivity index (χ0n) is 26.2. The summed E-state index contributed by atoms with van der Waals surface area (Å²) >= 11 is 0. The Balaban J connectivity index is 1.34. The molecule has 44 heavy (non-hydrogen) atoms. The van der Waals surface area contributed by atoms with E-state index in [-0.39, 0.29) is 24.1 Å². The Morgan fingerprint density at radius 3 is 2.50 bits per heavy atom. The van der Waals surface area contributed by atoms with Gasteiger partial charge in [-0.05, 0) is 80.2 Å². The van der Waals surface area contributed by atoms with E-state index in [1.807, 2.05) is 32.9 Å². The Hall–Kier alpha value is -3.92. The minimum atomic E-state index is -0.182. The molecule has 2 fully saturated rings. The number of fused-ring (bicyclic) bond motifs is 1. The quantitative estimate of drug-likeness (QED) is 0.419. The van der Waals surface area contributed by atoms with Gasteiger partial charge in [-0.3, -0.25) is 14.5 Å². The van der Waals surface area contributed by atoms with Gasteiger partial charge in [0.15, 0.2) is 0 Å². The fourth-order valence-corrected chi connectivity index (χ4v) is 6.66. The molecule has 2 N–H and O–H groups in total. The lowest BCUT2D eigenvalue weighted by Gasteiger charge is -2.34. The number of hydrogen-bond donors (Lipinski definition) is 2. The zero-order chi connectivity index (χ0) is 30.8. The van der Waals surface area contributed by atoms with E-state index in [1.54, 1.807) is 0 Å². The van der Waals surface area contributed by atoms with E-state index >= 15 is 0 Å². The standard InChI is InChI=1S/C35H43N5O4/c1-23-16-24(2)37-35(42)32(23)20-36-34(41)31-19-30-18-29(28-7-5-6-27(17-28)21-38-8-12-43-13-9-38)22-40(30)33(25(31)3)26(4)39-10-14-44-15-11-39/h5-7,16,18-19,21-22,26H,8-15,17,20H2,1-4H3,(H,36,41)(H,37,42). The number of morpholine rings is 2. The van der Waals surface area contributed by atoms with Crippen LogP contribution in [0.3, 0.4) is 0 Å². The summed E-state index contributed by atoms with van der Waals surface area (Å²) in [6.07, 6.45) is 11.8. The third kappa shape index (κ3) is 6.31. The summed E-state index contributed by atoms with van der Waals surface area (Å²) in [7, 11) is 0. The lowest BCUT2D eigenvalue weighted by molar-refractivity contribution is 0.0187. The topological polar surface area (TPSA) is 91.3 Å². The van der Waals surface area contributed by atoms with Gasteiger partial charge in [-0.25, -0.2) is 0 Å². The van der Waals surface area contributed by atoms with Gasteiger partial charge in [0.05, 0.1) is 26.4 Å². The molecule has 9 nitrogen and oxygen atoms in total. The minimum absolute atomic E-state index is 0.0774. The summed E-state index contributed by atoms with van der Waals surface area (Å²) < 4.78 is 13.4. The number of hydrogen-bond acceptors (Lipinski definition) is 6. The molecular weight excluding hydrogens is 554 g/mol. The zero-order valence-corrected chi connectivity index (χ0v) is 26.2. The van der Waals surface area contributed by atoms with Crippen molar-refractivity contribution in [1.29, 1.82) is 0 Å². The molecular formula is C35H43N5O4. The number of carbonyl (C=O) groups is 1. The Kier molecular flexibility index (Phi) is 8.88. The van der Waals surface area contributed by atoms with Crippen molar-refractivity contribution in [3.63, 3.8) is 0 Å². The van der Waals surface area contributed by atoms with Crippen molar-refractivity contribution in [2.24, 2.45) is 0 Å². The van der Waals surface area contributed by atoms with Crippen molar-refractivity contribution in [3.05, 3.63) is 104 Å². The maximum Gasteiger partial charge on any atom is 0.253 e. The highest BCUT2D eigenvalue weighted by Crippen LogP contribution is 2.33.